The van der Waals surface area contributed by atoms with E-state index in [4.69, 9.17) is 0 Å². The van der Waals surface area contributed by atoms with Gasteiger partial charge in [-0.1, -0.05) is 18.2 Å². The van der Waals surface area contributed by atoms with Gasteiger partial charge in [-0.05, 0) is 49.8 Å². The highest BCUT2D eigenvalue weighted by atomic mass is 32.2. The average molecular weight is 465 g/mol. The van der Waals surface area contributed by atoms with Crippen molar-refractivity contribution >= 4 is 44.1 Å². The highest BCUT2D eigenvalue weighted by molar-refractivity contribution is 7.91. The van der Waals surface area contributed by atoms with Crippen LogP contribution in [0, 0.1) is 0 Å². The van der Waals surface area contributed by atoms with Gasteiger partial charge in [0.25, 0.3) is 5.91 Å². The fraction of sp³-hybridized carbons (Fsp3) is 0.381. The van der Waals surface area contributed by atoms with Gasteiger partial charge in [-0.2, -0.15) is 0 Å². The van der Waals surface area contributed by atoms with Crippen molar-refractivity contribution in [3.8, 4) is 0 Å². The van der Waals surface area contributed by atoms with Crippen molar-refractivity contribution in [2.24, 2.45) is 0 Å². The molecule has 1 aromatic heterocycles. The number of imide groups is 1. The molecule has 0 bridgehead atoms. The summed E-state index contributed by atoms with van der Waals surface area (Å²) in [6, 6.07) is 8.09. The van der Waals surface area contributed by atoms with Crippen LogP contribution in [0.1, 0.15) is 46.5 Å². The van der Waals surface area contributed by atoms with Gasteiger partial charge in [0.1, 0.15) is 5.00 Å². The van der Waals surface area contributed by atoms with Gasteiger partial charge < -0.3 is 10.1 Å². The number of hydrogen-bond acceptors (Lipinski definition) is 7. The van der Waals surface area contributed by atoms with Crippen molar-refractivity contribution in [2.75, 3.05) is 18.2 Å². The van der Waals surface area contributed by atoms with Crippen LogP contribution in [0.25, 0.3) is 0 Å². The molecule has 8 nitrogen and oxygen atoms in total. The maximum atomic E-state index is 12.6. The first-order chi connectivity index (χ1) is 14.8. The Labute approximate surface area is 184 Å². The van der Waals surface area contributed by atoms with Crippen LogP contribution in [-0.2, 0) is 32.2 Å². The smallest absolute Gasteiger partial charge is 0.413 e. The Morgan fingerprint density at radius 1 is 1.10 bits per heavy atom. The summed E-state index contributed by atoms with van der Waals surface area (Å²) in [6.07, 6.45) is 2.70. The summed E-state index contributed by atoms with van der Waals surface area (Å²) in [7, 11) is -2.30. The molecule has 0 saturated carbocycles. The Balaban J connectivity index is 1.67. The molecule has 0 fully saturated rings. The molecule has 0 radical (unpaired) electrons. The normalized spacial score (nSPS) is 13.2. The van der Waals surface area contributed by atoms with Crippen LogP contribution in [-0.4, -0.2) is 39.2 Å². The Kier molecular flexibility index (Phi) is 7.45. The first-order valence-electron chi connectivity index (χ1n) is 9.93. The standard InChI is InChI=1S/C21H24N2O6S2/c1-29-21(26)23-19(25)18-15-10-5-6-11-16(15)30-20(18)22-17(24)12-7-13-31(27,28)14-8-3-2-4-9-14/h2-4,8-9H,5-7,10-13H2,1H3,(H,22,24)(H,23,25,26). The van der Waals surface area contributed by atoms with E-state index in [9.17, 15) is 22.8 Å². The van der Waals surface area contributed by atoms with Crippen molar-refractivity contribution in [1.29, 1.82) is 0 Å². The number of carbonyl (C=O) groups excluding carboxylic acids is 3. The fourth-order valence-electron chi connectivity index (χ4n) is 3.46. The van der Waals surface area contributed by atoms with Gasteiger partial charge in [-0.15, -0.1) is 11.3 Å². The summed E-state index contributed by atoms with van der Waals surface area (Å²) < 4.78 is 29.2. The number of thiophene rings is 1. The number of methoxy groups -OCH3 is 1. The van der Waals surface area contributed by atoms with Gasteiger partial charge in [0.05, 0.1) is 23.3 Å². The minimum absolute atomic E-state index is 0.00725. The molecule has 3 amide bonds. The molecule has 0 spiro atoms. The quantitative estimate of drug-likeness (QED) is 0.649. The Morgan fingerprint density at radius 2 is 1.81 bits per heavy atom. The number of hydrogen-bond donors (Lipinski definition) is 2. The molecule has 1 aliphatic carbocycles. The number of sulfone groups is 1. The largest absolute Gasteiger partial charge is 0.453 e. The number of ether oxygens (including phenoxy) is 1. The van der Waals surface area contributed by atoms with E-state index in [2.05, 4.69) is 15.4 Å². The number of aryl methyl sites for hydroxylation is 1. The second kappa shape index (κ2) is 10.1. The van der Waals surface area contributed by atoms with Gasteiger partial charge in [-0.25, -0.2) is 13.2 Å². The third-order valence-corrected chi connectivity index (χ3v) is 8.00. The van der Waals surface area contributed by atoms with E-state index < -0.39 is 21.8 Å². The molecular formula is C21H24N2O6S2. The van der Waals surface area contributed by atoms with Gasteiger partial charge in [0.2, 0.25) is 5.91 Å². The number of amides is 3. The molecule has 0 saturated heterocycles. The van der Waals surface area contributed by atoms with Crippen LogP contribution >= 0.6 is 11.3 Å². The Morgan fingerprint density at radius 3 is 2.52 bits per heavy atom. The van der Waals surface area contributed by atoms with Crippen LogP contribution < -0.4 is 10.6 Å². The minimum Gasteiger partial charge on any atom is -0.453 e. The Bertz CT molecular complexity index is 1080. The predicted molar refractivity (Wildman–Crippen MR) is 117 cm³/mol. The number of rotatable bonds is 7. The maximum absolute atomic E-state index is 12.6. The van der Waals surface area contributed by atoms with E-state index in [1.165, 1.54) is 23.5 Å². The predicted octanol–water partition coefficient (Wildman–Crippen LogP) is 3.32. The van der Waals surface area contributed by atoms with Crippen LogP contribution in [0.15, 0.2) is 35.2 Å². The summed E-state index contributed by atoms with van der Waals surface area (Å²) in [6.45, 7) is 0. The van der Waals surface area contributed by atoms with Crippen molar-refractivity contribution in [2.45, 2.75) is 43.4 Å². The highest BCUT2D eigenvalue weighted by Gasteiger charge is 2.27. The van der Waals surface area contributed by atoms with Crippen molar-refractivity contribution < 1.29 is 27.5 Å². The van der Waals surface area contributed by atoms with Crippen molar-refractivity contribution in [1.82, 2.24) is 5.32 Å². The lowest BCUT2D eigenvalue weighted by atomic mass is 9.95. The van der Waals surface area contributed by atoms with E-state index in [-0.39, 0.29) is 35.0 Å². The summed E-state index contributed by atoms with van der Waals surface area (Å²) in [5.74, 6) is -1.15. The van der Waals surface area contributed by atoms with Crippen LogP contribution in [0.5, 0.6) is 0 Å². The third kappa shape index (κ3) is 5.71. The SMILES string of the molecule is COC(=O)NC(=O)c1c(NC(=O)CCCS(=O)(=O)c2ccccc2)sc2c1CCCC2. The molecule has 166 valence electrons. The lowest BCUT2D eigenvalue weighted by molar-refractivity contribution is -0.116. The zero-order valence-electron chi connectivity index (χ0n) is 17.1. The zero-order chi connectivity index (χ0) is 22.4. The molecule has 2 aromatic rings. The van der Waals surface area contributed by atoms with Gasteiger partial charge in [0, 0.05) is 11.3 Å². The first-order valence-corrected chi connectivity index (χ1v) is 12.4. The molecule has 0 unspecified atom stereocenters. The molecule has 3 rings (SSSR count). The van der Waals surface area contributed by atoms with Crippen molar-refractivity contribution in [3.63, 3.8) is 0 Å². The number of alkyl carbamates (subject to hydrolysis) is 1. The topological polar surface area (TPSA) is 119 Å². The monoisotopic (exact) mass is 464 g/mol. The summed E-state index contributed by atoms with van der Waals surface area (Å²) in [5.41, 5.74) is 1.13. The van der Waals surface area contributed by atoms with Gasteiger partial charge >= 0.3 is 6.09 Å². The second-order valence-corrected chi connectivity index (χ2v) is 10.4. The molecule has 1 aromatic carbocycles. The fourth-order valence-corrected chi connectivity index (χ4v) is 6.09. The van der Waals surface area contributed by atoms with E-state index in [0.717, 1.165) is 36.8 Å². The van der Waals surface area contributed by atoms with Crippen LogP contribution in [0.2, 0.25) is 0 Å². The van der Waals surface area contributed by atoms with Gasteiger partial charge in [0.15, 0.2) is 9.84 Å². The molecule has 1 heterocycles. The summed E-state index contributed by atoms with van der Waals surface area (Å²) in [5, 5.41) is 5.27. The molecule has 2 N–H and O–H groups in total. The van der Waals surface area contributed by atoms with E-state index in [1.54, 1.807) is 18.2 Å². The number of nitrogens with one attached hydrogen (secondary N) is 2. The van der Waals surface area contributed by atoms with Gasteiger partial charge in [-0.3, -0.25) is 14.9 Å². The van der Waals surface area contributed by atoms with E-state index >= 15 is 0 Å². The van der Waals surface area contributed by atoms with E-state index in [1.807, 2.05) is 0 Å². The minimum atomic E-state index is -3.46. The number of carbonyl (C=O) groups is 3. The summed E-state index contributed by atoms with van der Waals surface area (Å²) >= 11 is 1.33. The Hall–Kier alpha value is -2.72. The van der Waals surface area contributed by atoms with Crippen molar-refractivity contribution in [3.05, 3.63) is 46.3 Å². The first kappa shape index (κ1) is 23.0. The highest BCUT2D eigenvalue weighted by Crippen LogP contribution is 2.38. The molecule has 10 heteroatoms. The average Bonchev–Trinajstić information content (AvgIpc) is 3.11. The van der Waals surface area contributed by atoms with Crippen LogP contribution in [0.3, 0.4) is 0 Å². The molecule has 0 atom stereocenters. The number of benzene rings is 1. The summed E-state index contributed by atoms with van der Waals surface area (Å²) in [4.78, 5) is 37.8. The molecule has 1 aliphatic rings. The lowest BCUT2D eigenvalue weighted by Gasteiger charge is -2.12. The third-order valence-electron chi connectivity index (χ3n) is 4.97. The molecule has 0 aliphatic heterocycles. The number of fused-ring (bicyclic) bond motifs is 1. The zero-order valence-corrected chi connectivity index (χ0v) is 18.7. The van der Waals surface area contributed by atoms with E-state index in [0.29, 0.717) is 11.4 Å². The second-order valence-electron chi connectivity index (χ2n) is 7.14. The van der Waals surface area contributed by atoms with Crippen LogP contribution in [0.4, 0.5) is 9.80 Å². The lowest BCUT2D eigenvalue weighted by Crippen LogP contribution is -2.31. The maximum Gasteiger partial charge on any atom is 0.413 e. The number of anilines is 1. The molecule has 31 heavy (non-hydrogen) atoms. The molecular weight excluding hydrogens is 440 g/mol.